The van der Waals surface area contributed by atoms with Gasteiger partial charge in [0.1, 0.15) is 17.1 Å². The van der Waals surface area contributed by atoms with Gasteiger partial charge in [-0.25, -0.2) is 0 Å². The largest absolute Gasteiger partial charge is 0.507 e. The first-order valence-corrected chi connectivity index (χ1v) is 10.1. The zero-order valence-corrected chi connectivity index (χ0v) is 16.7. The number of nitrogens with zero attached hydrogens (tertiary/aromatic N) is 1. The molecule has 1 aliphatic heterocycles. The summed E-state index contributed by atoms with van der Waals surface area (Å²) < 4.78 is 5.48. The van der Waals surface area contributed by atoms with E-state index in [1.54, 1.807) is 19.2 Å². The summed E-state index contributed by atoms with van der Waals surface area (Å²) >= 11 is 0. The summed E-state index contributed by atoms with van der Waals surface area (Å²) in [6.45, 7) is 1.37. The molecule has 2 N–H and O–H groups in total. The molecule has 3 aromatic rings. The molecule has 0 radical (unpaired) electrons. The fourth-order valence-corrected chi connectivity index (χ4v) is 4.53. The van der Waals surface area contributed by atoms with E-state index in [4.69, 9.17) is 4.74 Å². The number of aliphatic hydroxyl groups is 1. The maximum Gasteiger partial charge on any atom is 0.130 e. The number of hydrogen-bond donors (Lipinski definition) is 2. The summed E-state index contributed by atoms with van der Waals surface area (Å²) in [6, 6.07) is 25.0. The highest BCUT2D eigenvalue weighted by Crippen LogP contribution is 2.42. The van der Waals surface area contributed by atoms with Gasteiger partial charge >= 0.3 is 0 Å². The zero-order chi connectivity index (χ0) is 20.3. The Kier molecular flexibility index (Phi) is 5.56. The van der Waals surface area contributed by atoms with Crippen molar-refractivity contribution in [1.82, 2.24) is 4.90 Å². The molecule has 0 amide bonds. The van der Waals surface area contributed by atoms with E-state index in [9.17, 15) is 10.2 Å². The minimum absolute atomic E-state index is 0.114. The van der Waals surface area contributed by atoms with E-state index in [1.165, 1.54) is 0 Å². The molecule has 0 spiro atoms. The Morgan fingerprint density at radius 3 is 2.14 bits per heavy atom. The van der Waals surface area contributed by atoms with Gasteiger partial charge in [0.15, 0.2) is 0 Å². The van der Waals surface area contributed by atoms with Gasteiger partial charge in [0.05, 0.1) is 7.11 Å². The van der Waals surface area contributed by atoms with Gasteiger partial charge in [0.25, 0.3) is 0 Å². The third-order valence-electron chi connectivity index (χ3n) is 5.96. The van der Waals surface area contributed by atoms with Crippen LogP contribution in [-0.4, -0.2) is 34.8 Å². The summed E-state index contributed by atoms with van der Waals surface area (Å²) in [5.41, 5.74) is 1.38. The average Bonchev–Trinajstić information content (AvgIpc) is 3.24. The first-order valence-electron chi connectivity index (χ1n) is 10.1. The number of rotatable bonds is 6. The number of aromatic hydroxyl groups is 1. The summed E-state index contributed by atoms with van der Waals surface area (Å²) in [7, 11) is 1.62. The van der Waals surface area contributed by atoms with Crippen molar-refractivity contribution in [3.05, 3.63) is 95.6 Å². The van der Waals surface area contributed by atoms with Crippen molar-refractivity contribution in [3.63, 3.8) is 0 Å². The molecule has 4 nitrogen and oxygen atoms in total. The van der Waals surface area contributed by atoms with Crippen LogP contribution in [0.25, 0.3) is 0 Å². The predicted octanol–water partition coefficient (Wildman–Crippen LogP) is 4.30. The molecule has 4 rings (SSSR count). The topological polar surface area (TPSA) is 52.9 Å². The number of methoxy groups -OCH3 is 1. The second-order valence-corrected chi connectivity index (χ2v) is 7.58. The molecule has 1 fully saturated rings. The number of hydrogen-bond acceptors (Lipinski definition) is 4. The van der Waals surface area contributed by atoms with E-state index in [1.807, 2.05) is 66.7 Å². The van der Waals surface area contributed by atoms with Crippen LogP contribution in [0.2, 0.25) is 0 Å². The highest BCUT2D eigenvalue weighted by Gasteiger charge is 2.45. The lowest BCUT2D eigenvalue weighted by molar-refractivity contribution is -0.00691. The van der Waals surface area contributed by atoms with E-state index in [0.29, 0.717) is 12.3 Å². The monoisotopic (exact) mass is 389 g/mol. The lowest BCUT2D eigenvalue weighted by Crippen LogP contribution is -2.48. The molecule has 0 aliphatic carbocycles. The highest BCUT2D eigenvalue weighted by atomic mass is 16.5. The standard InChI is InChI=1S/C25H27NO3/c1-29-23-15-8-14-22(27)21(23)18-26-17-9-16-24(26)25(28,19-10-4-2-5-11-19)20-12-6-3-7-13-20/h2-8,10-15,24,27-28H,9,16-18H2,1H3/t24-/m1/s1. The minimum Gasteiger partial charge on any atom is -0.507 e. The van der Waals surface area contributed by atoms with E-state index in [0.717, 1.165) is 36.1 Å². The van der Waals surface area contributed by atoms with Crippen LogP contribution in [0.15, 0.2) is 78.9 Å². The lowest BCUT2D eigenvalue weighted by atomic mass is 9.79. The molecular weight excluding hydrogens is 362 g/mol. The molecule has 1 saturated heterocycles. The van der Waals surface area contributed by atoms with Crippen LogP contribution < -0.4 is 4.74 Å². The Morgan fingerprint density at radius 2 is 1.55 bits per heavy atom. The van der Waals surface area contributed by atoms with Crippen LogP contribution in [0, 0.1) is 0 Å². The number of ether oxygens (including phenoxy) is 1. The highest BCUT2D eigenvalue weighted by molar-refractivity contribution is 5.44. The number of phenolic OH excluding ortho intramolecular Hbond substituents is 1. The third-order valence-corrected chi connectivity index (χ3v) is 5.96. The quantitative estimate of drug-likeness (QED) is 0.660. The number of phenols is 1. The van der Waals surface area contributed by atoms with Crippen molar-refractivity contribution in [2.75, 3.05) is 13.7 Å². The smallest absolute Gasteiger partial charge is 0.130 e. The van der Waals surface area contributed by atoms with Crippen molar-refractivity contribution < 1.29 is 14.9 Å². The van der Waals surface area contributed by atoms with Crippen LogP contribution >= 0.6 is 0 Å². The number of likely N-dealkylation sites (tertiary alicyclic amines) is 1. The van der Waals surface area contributed by atoms with Crippen LogP contribution in [0.4, 0.5) is 0 Å². The van der Waals surface area contributed by atoms with Crippen molar-refractivity contribution >= 4 is 0 Å². The fourth-order valence-electron chi connectivity index (χ4n) is 4.53. The van der Waals surface area contributed by atoms with Gasteiger partial charge in [0.2, 0.25) is 0 Å². The van der Waals surface area contributed by atoms with Crippen molar-refractivity contribution in [1.29, 1.82) is 0 Å². The number of benzene rings is 3. The fraction of sp³-hybridized carbons (Fsp3) is 0.280. The van der Waals surface area contributed by atoms with Gasteiger partial charge < -0.3 is 14.9 Å². The Balaban J connectivity index is 1.75. The molecule has 1 aliphatic rings. The van der Waals surface area contributed by atoms with Gasteiger partial charge in [-0.3, -0.25) is 4.90 Å². The van der Waals surface area contributed by atoms with Crippen LogP contribution in [0.5, 0.6) is 11.5 Å². The third kappa shape index (κ3) is 3.61. The van der Waals surface area contributed by atoms with E-state index in [2.05, 4.69) is 4.90 Å². The first-order chi connectivity index (χ1) is 14.1. The summed E-state index contributed by atoms with van der Waals surface area (Å²) in [5, 5.41) is 22.6. The molecule has 0 aromatic heterocycles. The lowest BCUT2D eigenvalue weighted by Gasteiger charge is -2.40. The molecule has 0 saturated carbocycles. The maximum atomic E-state index is 12.2. The van der Waals surface area contributed by atoms with Crippen LogP contribution in [0.1, 0.15) is 29.5 Å². The molecule has 3 aromatic carbocycles. The molecule has 1 heterocycles. The molecule has 0 unspecified atom stereocenters. The van der Waals surface area contributed by atoms with Crippen molar-refractivity contribution in [2.45, 2.75) is 31.0 Å². The van der Waals surface area contributed by atoms with Gasteiger partial charge in [-0.15, -0.1) is 0 Å². The van der Waals surface area contributed by atoms with Gasteiger partial charge in [-0.05, 0) is 42.6 Å². The van der Waals surface area contributed by atoms with Crippen molar-refractivity contribution in [2.24, 2.45) is 0 Å². The SMILES string of the molecule is COc1cccc(O)c1CN1CCC[C@@H]1C(O)(c1ccccc1)c1ccccc1. The summed E-state index contributed by atoms with van der Waals surface area (Å²) in [4.78, 5) is 2.26. The maximum absolute atomic E-state index is 12.2. The molecule has 0 bridgehead atoms. The van der Waals surface area contributed by atoms with Gasteiger partial charge in [0, 0.05) is 18.2 Å². The Labute approximate surface area is 172 Å². The average molecular weight is 389 g/mol. The van der Waals surface area contributed by atoms with Crippen LogP contribution in [-0.2, 0) is 12.1 Å². The first kappa shape index (κ1) is 19.5. The molecular formula is C25H27NO3. The second-order valence-electron chi connectivity index (χ2n) is 7.58. The molecule has 4 heteroatoms. The Bertz CT molecular complexity index is 903. The zero-order valence-electron chi connectivity index (χ0n) is 16.7. The Morgan fingerprint density at radius 1 is 0.931 bits per heavy atom. The second kappa shape index (κ2) is 8.27. The van der Waals surface area contributed by atoms with Gasteiger partial charge in [-0.2, -0.15) is 0 Å². The van der Waals surface area contributed by atoms with Gasteiger partial charge in [-0.1, -0.05) is 66.7 Å². The Hall–Kier alpha value is -2.82. The normalized spacial score (nSPS) is 17.4. The molecule has 29 heavy (non-hydrogen) atoms. The van der Waals surface area contributed by atoms with E-state index < -0.39 is 5.60 Å². The molecule has 1 atom stereocenters. The summed E-state index contributed by atoms with van der Waals surface area (Å²) in [5.74, 6) is 0.886. The van der Waals surface area contributed by atoms with Crippen LogP contribution in [0.3, 0.4) is 0 Å². The van der Waals surface area contributed by atoms with E-state index >= 15 is 0 Å². The summed E-state index contributed by atoms with van der Waals surface area (Å²) in [6.07, 6.45) is 1.86. The van der Waals surface area contributed by atoms with E-state index in [-0.39, 0.29) is 11.8 Å². The minimum atomic E-state index is -1.14. The van der Waals surface area contributed by atoms with Crippen molar-refractivity contribution in [3.8, 4) is 11.5 Å². The predicted molar refractivity (Wildman–Crippen MR) is 114 cm³/mol. The molecule has 150 valence electrons.